The monoisotopic (exact) mass is 186 g/mol. The Hall–Kier alpha value is -0.570. The molecule has 0 aromatic rings. The van der Waals surface area contributed by atoms with Crippen molar-refractivity contribution in [2.24, 2.45) is 11.7 Å². The van der Waals surface area contributed by atoms with Gasteiger partial charge in [-0.05, 0) is 32.7 Å². The van der Waals surface area contributed by atoms with E-state index in [0.29, 0.717) is 18.9 Å². The van der Waals surface area contributed by atoms with Crippen molar-refractivity contribution < 1.29 is 4.79 Å². The first kappa shape index (κ1) is 12.4. The minimum Gasteiger partial charge on any atom is -0.343 e. The fourth-order valence-electron chi connectivity index (χ4n) is 1.22. The lowest BCUT2D eigenvalue weighted by Gasteiger charge is -2.19. The molecule has 0 radical (unpaired) electrons. The summed E-state index contributed by atoms with van der Waals surface area (Å²) in [5.41, 5.74) is 5.47. The normalized spacial score (nSPS) is 12.6. The summed E-state index contributed by atoms with van der Waals surface area (Å²) in [6, 6.07) is 0. The van der Waals surface area contributed by atoms with Crippen molar-refractivity contribution in [3.63, 3.8) is 0 Å². The number of carbonyl (C=O) groups excluding carboxylic acids is 1. The largest absolute Gasteiger partial charge is 0.343 e. The molecule has 0 aromatic carbocycles. The second-order valence-corrected chi connectivity index (χ2v) is 3.45. The maximum Gasteiger partial charge on any atom is 0.222 e. The van der Waals surface area contributed by atoms with Gasteiger partial charge in [-0.15, -0.1) is 0 Å². The van der Waals surface area contributed by atoms with Crippen LogP contribution in [0.2, 0.25) is 0 Å². The predicted molar refractivity (Wildman–Crippen MR) is 55.4 cm³/mol. The fraction of sp³-hybridized carbons (Fsp3) is 0.900. The van der Waals surface area contributed by atoms with Crippen molar-refractivity contribution in [1.29, 1.82) is 0 Å². The molecular weight excluding hydrogens is 164 g/mol. The summed E-state index contributed by atoms with van der Waals surface area (Å²) in [6.07, 6.45) is 1.55. The first-order valence-corrected chi connectivity index (χ1v) is 5.13. The van der Waals surface area contributed by atoms with E-state index in [4.69, 9.17) is 5.73 Å². The van der Waals surface area contributed by atoms with Gasteiger partial charge in [0.25, 0.3) is 0 Å². The molecule has 0 aliphatic heterocycles. The molecular formula is C10H22N2O. The van der Waals surface area contributed by atoms with Gasteiger partial charge in [0, 0.05) is 19.5 Å². The number of hydrogen-bond acceptors (Lipinski definition) is 2. The molecule has 0 aliphatic carbocycles. The summed E-state index contributed by atoms with van der Waals surface area (Å²) in [7, 11) is 0. The standard InChI is InChI=1S/C10H22N2O/c1-4-12(5-2)10(13)7-6-9(3)8-11/h9H,4-8,11H2,1-3H3. The molecule has 0 spiro atoms. The van der Waals surface area contributed by atoms with E-state index in [-0.39, 0.29) is 5.91 Å². The molecule has 0 saturated carbocycles. The van der Waals surface area contributed by atoms with Crippen LogP contribution >= 0.6 is 0 Å². The van der Waals surface area contributed by atoms with E-state index in [1.54, 1.807) is 0 Å². The number of nitrogens with zero attached hydrogens (tertiary/aromatic N) is 1. The Balaban J connectivity index is 3.72. The topological polar surface area (TPSA) is 46.3 Å². The van der Waals surface area contributed by atoms with Crippen LogP contribution in [-0.4, -0.2) is 30.4 Å². The van der Waals surface area contributed by atoms with Gasteiger partial charge in [0.15, 0.2) is 0 Å². The molecule has 78 valence electrons. The van der Waals surface area contributed by atoms with Crippen LogP contribution in [-0.2, 0) is 4.79 Å². The Morgan fingerprint density at radius 2 is 1.92 bits per heavy atom. The zero-order valence-electron chi connectivity index (χ0n) is 9.05. The Morgan fingerprint density at radius 1 is 1.38 bits per heavy atom. The number of amides is 1. The van der Waals surface area contributed by atoms with Gasteiger partial charge in [0.05, 0.1) is 0 Å². The van der Waals surface area contributed by atoms with Crippen molar-refractivity contribution in [3.05, 3.63) is 0 Å². The average Bonchev–Trinajstić information content (AvgIpc) is 2.16. The third-order valence-corrected chi connectivity index (χ3v) is 2.37. The van der Waals surface area contributed by atoms with Crippen molar-refractivity contribution >= 4 is 5.91 Å². The van der Waals surface area contributed by atoms with Gasteiger partial charge >= 0.3 is 0 Å². The molecule has 13 heavy (non-hydrogen) atoms. The van der Waals surface area contributed by atoms with Crippen molar-refractivity contribution in [2.45, 2.75) is 33.6 Å². The molecule has 0 saturated heterocycles. The van der Waals surface area contributed by atoms with Gasteiger partial charge in [-0.1, -0.05) is 6.92 Å². The molecule has 0 heterocycles. The molecule has 3 heteroatoms. The van der Waals surface area contributed by atoms with Crippen LogP contribution in [0.15, 0.2) is 0 Å². The highest BCUT2D eigenvalue weighted by Gasteiger charge is 2.10. The van der Waals surface area contributed by atoms with E-state index in [1.165, 1.54) is 0 Å². The third kappa shape index (κ3) is 4.88. The molecule has 2 N–H and O–H groups in total. The predicted octanol–water partition coefficient (Wildman–Crippen LogP) is 1.23. The van der Waals surface area contributed by atoms with Gasteiger partial charge in [0.1, 0.15) is 0 Å². The highest BCUT2D eigenvalue weighted by Crippen LogP contribution is 2.05. The summed E-state index contributed by atoms with van der Waals surface area (Å²) < 4.78 is 0. The van der Waals surface area contributed by atoms with Crippen LogP contribution in [0, 0.1) is 5.92 Å². The Kier molecular flexibility index (Phi) is 6.59. The van der Waals surface area contributed by atoms with Gasteiger partial charge < -0.3 is 10.6 Å². The lowest BCUT2D eigenvalue weighted by atomic mass is 10.1. The lowest BCUT2D eigenvalue weighted by Crippen LogP contribution is -2.30. The summed E-state index contributed by atoms with van der Waals surface area (Å²) >= 11 is 0. The lowest BCUT2D eigenvalue weighted by molar-refractivity contribution is -0.131. The van der Waals surface area contributed by atoms with Crippen LogP contribution in [0.5, 0.6) is 0 Å². The minimum absolute atomic E-state index is 0.255. The highest BCUT2D eigenvalue weighted by atomic mass is 16.2. The van der Waals surface area contributed by atoms with E-state index in [0.717, 1.165) is 19.5 Å². The SMILES string of the molecule is CCN(CC)C(=O)CCC(C)CN. The number of rotatable bonds is 6. The van der Waals surface area contributed by atoms with Gasteiger partial charge in [-0.25, -0.2) is 0 Å². The van der Waals surface area contributed by atoms with Crippen LogP contribution in [0.4, 0.5) is 0 Å². The molecule has 0 aliphatic rings. The number of nitrogens with two attached hydrogens (primary N) is 1. The Bertz CT molecular complexity index is 144. The molecule has 0 rings (SSSR count). The summed E-state index contributed by atoms with van der Waals surface area (Å²) in [5, 5.41) is 0. The summed E-state index contributed by atoms with van der Waals surface area (Å²) in [6.45, 7) is 8.39. The fourth-order valence-corrected chi connectivity index (χ4v) is 1.22. The third-order valence-electron chi connectivity index (χ3n) is 2.37. The minimum atomic E-state index is 0.255. The highest BCUT2D eigenvalue weighted by molar-refractivity contribution is 5.76. The molecule has 0 aromatic heterocycles. The second kappa shape index (κ2) is 6.89. The number of carbonyl (C=O) groups is 1. The van der Waals surface area contributed by atoms with Crippen molar-refractivity contribution in [3.8, 4) is 0 Å². The van der Waals surface area contributed by atoms with E-state index in [9.17, 15) is 4.79 Å². The van der Waals surface area contributed by atoms with Crippen LogP contribution < -0.4 is 5.73 Å². The van der Waals surface area contributed by atoms with E-state index < -0.39 is 0 Å². The van der Waals surface area contributed by atoms with Gasteiger partial charge in [-0.3, -0.25) is 4.79 Å². The zero-order chi connectivity index (χ0) is 10.3. The number of hydrogen-bond donors (Lipinski definition) is 1. The Labute approximate surface area is 81.3 Å². The molecule has 3 nitrogen and oxygen atoms in total. The van der Waals surface area contributed by atoms with E-state index in [2.05, 4.69) is 6.92 Å². The molecule has 0 fully saturated rings. The maximum absolute atomic E-state index is 11.5. The smallest absolute Gasteiger partial charge is 0.222 e. The molecule has 1 amide bonds. The summed E-state index contributed by atoms with van der Waals surface area (Å²) in [5.74, 6) is 0.713. The average molecular weight is 186 g/mol. The quantitative estimate of drug-likeness (QED) is 0.678. The first-order valence-electron chi connectivity index (χ1n) is 5.13. The summed E-state index contributed by atoms with van der Waals surface area (Å²) in [4.78, 5) is 13.4. The maximum atomic E-state index is 11.5. The van der Waals surface area contributed by atoms with Crippen LogP contribution in [0.3, 0.4) is 0 Å². The van der Waals surface area contributed by atoms with Crippen LogP contribution in [0.25, 0.3) is 0 Å². The Morgan fingerprint density at radius 3 is 2.31 bits per heavy atom. The zero-order valence-corrected chi connectivity index (χ0v) is 9.05. The van der Waals surface area contributed by atoms with Gasteiger partial charge in [0.2, 0.25) is 5.91 Å². The molecule has 1 atom stereocenters. The van der Waals surface area contributed by atoms with Crippen molar-refractivity contribution in [2.75, 3.05) is 19.6 Å². The van der Waals surface area contributed by atoms with Crippen LogP contribution in [0.1, 0.15) is 33.6 Å². The van der Waals surface area contributed by atoms with E-state index >= 15 is 0 Å². The van der Waals surface area contributed by atoms with Gasteiger partial charge in [-0.2, -0.15) is 0 Å². The van der Waals surface area contributed by atoms with Crippen molar-refractivity contribution in [1.82, 2.24) is 4.90 Å². The molecule has 0 bridgehead atoms. The molecule has 1 unspecified atom stereocenters. The first-order chi connectivity index (χ1) is 6.15. The van der Waals surface area contributed by atoms with E-state index in [1.807, 2.05) is 18.7 Å². The second-order valence-electron chi connectivity index (χ2n) is 3.45.